The van der Waals surface area contributed by atoms with Gasteiger partial charge in [-0.05, 0) is 12.1 Å². The second-order valence-electron chi connectivity index (χ2n) is 3.42. The van der Waals surface area contributed by atoms with Crippen molar-refractivity contribution in [3.8, 4) is 6.07 Å². The van der Waals surface area contributed by atoms with Crippen LogP contribution >= 0.6 is 11.6 Å². The average Bonchev–Trinajstić information content (AvgIpc) is 2.33. The summed E-state index contributed by atoms with van der Waals surface area (Å²) in [6.07, 6.45) is 1.88. The van der Waals surface area contributed by atoms with Gasteiger partial charge in [0, 0.05) is 17.7 Å². The van der Waals surface area contributed by atoms with Gasteiger partial charge in [0.2, 0.25) is 0 Å². The molecule has 16 heavy (non-hydrogen) atoms. The lowest BCUT2D eigenvalue weighted by Gasteiger charge is -2.01. The third kappa shape index (κ3) is 2.21. The molecule has 2 rings (SSSR count). The molecule has 2 nitrogen and oxygen atoms in total. The normalized spacial score (nSPS) is 9.75. The van der Waals surface area contributed by atoms with Gasteiger partial charge in [0.05, 0.1) is 5.02 Å². The third-order valence-corrected chi connectivity index (χ3v) is 2.72. The molecule has 78 valence electrons. The maximum absolute atomic E-state index is 8.96. The summed E-state index contributed by atoms with van der Waals surface area (Å²) in [5.74, 6) is 0. The van der Waals surface area contributed by atoms with E-state index in [1.54, 1.807) is 6.07 Å². The molecule has 1 heterocycles. The zero-order valence-corrected chi connectivity index (χ0v) is 9.35. The van der Waals surface area contributed by atoms with E-state index in [-0.39, 0.29) is 0 Å². The number of halogens is 1. The monoisotopic (exact) mass is 229 g/mol. The maximum Gasteiger partial charge on any atom is 0.283 e. The van der Waals surface area contributed by atoms with E-state index in [2.05, 4.69) is 6.07 Å². The molecule has 0 fully saturated rings. The van der Waals surface area contributed by atoms with Crippen LogP contribution in [0.1, 0.15) is 11.3 Å². The van der Waals surface area contributed by atoms with E-state index in [1.165, 1.54) is 0 Å². The minimum absolute atomic E-state index is 0.614. The maximum atomic E-state index is 8.96. The number of aromatic nitrogens is 1. The number of rotatable bonds is 2. The van der Waals surface area contributed by atoms with E-state index in [4.69, 9.17) is 16.9 Å². The lowest BCUT2D eigenvalue weighted by molar-refractivity contribution is -0.690. The van der Waals surface area contributed by atoms with E-state index >= 15 is 0 Å². The number of hydrogen-bond acceptors (Lipinski definition) is 1. The molecule has 0 bridgehead atoms. The first-order chi connectivity index (χ1) is 7.81. The molecule has 0 N–H and O–H groups in total. The van der Waals surface area contributed by atoms with Crippen molar-refractivity contribution in [1.29, 1.82) is 5.26 Å². The average molecular weight is 230 g/mol. The van der Waals surface area contributed by atoms with Crippen molar-refractivity contribution in [2.75, 3.05) is 0 Å². The highest BCUT2D eigenvalue weighted by Gasteiger charge is 2.10. The fourth-order valence-corrected chi connectivity index (χ4v) is 1.72. The summed E-state index contributed by atoms with van der Waals surface area (Å²) < 4.78 is 1.88. The second kappa shape index (κ2) is 4.78. The zero-order chi connectivity index (χ0) is 11.4. The van der Waals surface area contributed by atoms with Crippen molar-refractivity contribution in [1.82, 2.24) is 0 Å². The molecule has 0 radical (unpaired) electrons. The SMILES string of the molecule is N#Cc1cccc[n+]1Cc1ccccc1Cl. The van der Waals surface area contributed by atoms with Crippen molar-refractivity contribution in [2.24, 2.45) is 0 Å². The van der Waals surface area contributed by atoms with E-state index in [1.807, 2.05) is 47.2 Å². The summed E-state index contributed by atoms with van der Waals surface area (Å²) in [5, 5.41) is 9.69. The first kappa shape index (κ1) is 10.7. The van der Waals surface area contributed by atoms with Crippen molar-refractivity contribution in [2.45, 2.75) is 6.54 Å². The van der Waals surface area contributed by atoms with Gasteiger partial charge in [0.25, 0.3) is 5.69 Å². The highest BCUT2D eigenvalue weighted by Crippen LogP contribution is 2.14. The van der Waals surface area contributed by atoms with Gasteiger partial charge in [0.15, 0.2) is 18.8 Å². The highest BCUT2D eigenvalue weighted by molar-refractivity contribution is 6.31. The van der Waals surface area contributed by atoms with Gasteiger partial charge >= 0.3 is 0 Å². The summed E-state index contributed by atoms with van der Waals surface area (Å²) >= 11 is 6.07. The Morgan fingerprint density at radius 1 is 1.12 bits per heavy atom. The fourth-order valence-electron chi connectivity index (χ4n) is 1.53. The molecule has 0 aliphatic carbocycles. The van der Waals surface area contributed by atoms with Crippen LogP contribution in [-0.4, -0.2) is 0 Å². The molecular weight excluding hydrogens is 220 g/mol. The second-order valence-corrected chi connectivity index (χ2v) is 3.82. The molecule has 1 aromatic carbocycles. The topological polar surface area (TPSA) is 27.7 Å². The fraction of sp³-hybridized carbons (Fsp3) is 0.0769. The largest absolute Gasteiger partial charge is 0.283 e. The molecule has 0 saturated carbocycles. The molecule has 0 spiro atoms. The lowest BCUT2D eigenvalue weighted by atomic mass is 10.2. The van der Waals surface area contributed by atoms with Crippen molar-refractivity contribution in [3.05, 3.63) is 64.9 Å². The van der Waals surface area contributed by atoms with Crippen LogP contribution in [0.15, 0.2) is 48.7 Å². The Hall–Kier alpha value is -1.85. The van der Waals surface area contributed by atoms with Gasteiger partial charge in [0.1, 0.15) is 0 Å². The molecule has 2 aromatic rings. The minimum atomic E-state index is 0.614. The van der Waals surface area contributed by atoms with E-state index in [0.717, 1.165) is 10.6 Å². The van der Waals surface area contributed by atoms with Crippen LogP contribution in [0.4, 0.5) is 0 Å². The van der Waals surface area contributed by atoms with Crippen LogP contribution in [0, 0.1) is 11.3 Å². The Labute approximate surface area is 99.3 Å². The van der Waals surface area contributed by atoms with Crippen molar-refractivity contribution in [3.63, 3.8) is 0 Å². The summed E-state index contributed by atoms with van der Waals surface area (Å²) in [5.41, 5.74) is 1.64. The molecular formula is C13H10ClN2+. The summed E-state index contributed by atoms with van der Waals surface area (Å²) in [6, 6.07) is 15.3. The summed E-state index contributed by atoms with van der Waals surface area (Å²) in [4.78, 5) is 0. The molecule has 0 aliphatic heterocycles. The molecule has 0 aliphatic rings. The number of nitriles is 1. The smallest absolute Gasteiger partial charge is 0.186 e. The van der Waals surface area contributed by atoms with E-state index in [9.17, 15) is 0 Å². The molecule has 3 heteroatoms. The van der Waals surface area contributed by atoms with Crippen LogP contribution < -0.4 is 4.57 Å². The predicted molar refractivity (Wildman–Crippen MR) is 61.9 cm³/mol. The number of benzene rings is 1. The first-order valence-corrected chi connectivity index (χ1v) is 5.31. The molecule has 0 unspecified atom stereocenters. The Kier molecular flexibility index (Phi) is 3.19. The third-order valence-electron chi connectivity index (χ3n) is 2.35. The Morgan fingerprint density at radius 2 is 1.88 bits per heavy atom. The molecule has 0 amide bonds. The van der Waals surface area contributed by atoms with E-state index < -0.39 is 0 Å². The number of nitrogens with zero attached hydrogens (tertiary/aromatic N) is 2. The summed E-state index contributed by atoms with van der Waals surface area (Å²) in [6.45, 7) is 0.614. The van der Waals surface area contributed by atoms with Crippen molar-refractivity contribution < 1.29 is 4.57 Å². The highest BCUT2D eigenvalue weighted by atomic mass is 35.5. The first-order valence-electron chi connectivity index (χ1n) is 4.93. The van der Waals surface area contributed by atoms with E-state index in [0.29, 0.717) is 12.2 Å². The van der Waals surface area contributed by atoms with Crippen LogP contribution in [-0.2, 0) is 6.54 Å². The number of hydrogen-bond donors (Lipinski definition) is 0. The number of pyridine rings is 1. The lowest BCUT2D eigenvalue weighted by Crippen LogP contribution is -2.37. The van der Waals surface area contributed by atoms with Crippen LogP contribution in [0.3, 0.4) is 0 Å². The molecule has 1 aromatic heterocycles. The Balaban J connectivity index is 2.35. The predicted octanol–water partition coefficient (Wildman–Crippen LogP) is 2.55. The molecule has 0 saturated heterocycles. The quantitative estimate of drug-likeness (QED) is 0.728. The van der Waals surface area contributed by atoms with Gasteiger partial charge < -0.3 is 0 Å². The van der Waals surface area contributed by atoms with Gasteiger partial charge in [-0.2, -0.15) is 9.83 Å². The van der Waals surface area contributed by atoms with Gasteiger partial charge in [-0.15, -0.1) is 0 Å². The van der Waals surface area contributed by atoms with Crippen LogP contribution in [0.25, 0.3) is 0 Å². The molecule has 0 atom stereocenters. The zero-order valence-electron chi connectivity index (χ0n) is 8.60. The van der Waals surface area contributed by atoms with Gasteiger partial charge in [-0.1, -0.05) is 29.8 Å². The van der Waals surface area contributed by atoms with Crippen LogP contribution in [0.2, 0.25) is 5.02 Å². The Morgan fingerprint density at radius 3 is 2.62 bits per heavy atom. The Bertz CT molecular complexity index is 544. The van der Waals surface area contributed by atoms with Crippen molar-refractivity contribution >= 4 is 11.6 Å². The standard InChI is InChI=1S/C13H10ClN2/c14-13-7-2-1-5-11(13)10-16-8-4-3-6-12(16)9-15/h1-8H,10H2/q+1. The van der Waals surface area contributed by atoms with Gasteiger partial charge in [-0.3, -0.25) is 0 Å². The van der Waals surface area contributed by atoms with Crippen LogP contribution in [0.5, 0.6) is 0 Å². The minimum Gasteiger partial charge on any atom is -0.186 e. The summed E-state index contributed by atoms with van der Waals surface area (Å²) in [7, 11) is 0. The van der Waals surface area contributed by atoms with Gasteiger partial charge in [-0.25, -0.2) is 0 Å².